The fraction of sp³-hybridized carbons (Fsp3) is 0.278. The Balaban J connectivity index is 1.80. The quantitative estimate of drug-likeness (QED) is 0.760. The van der Waals surface area contributed by atoms with E-state index < -0.39 is 10.0 Å². The van der Waals surface area contributed by atoms with Crippen LogP contribution in [0.25, 0.3) is 0 Å². The van der Waals surface area contributed by atoms with Crippen molar-refractivity contribution in [1.29, 1.82) is 0 Å². The Kier molecular flexibility index (Phi) is 4.99. The van der Waals surface area contributed by atoms with E-state index in [1.165, 1.54) is 19.2 Å². The van der Waals surface area contributed by atoms with Crippen molar-refractivity contribution in [1.82, 2.24) is 4.31 Å². The molecule has 0 spiro atoms. The third kappa shape index (κ3) is 3.49. The van der Waals surface area contributed by atoms with E-state index in [-0.39, 0.29) is 23.4 Å². The van der Waals surface area contributed by atoms with Crippen molar-refractivity contribution in [2.24, 2.45) is 0 Å². The number of benzene rings is 2. The number of hydrogen-bond donors (Lipinski definition) is 0. The van der Waals surface area contributed by atoms with E-state index in [0.29, 0.717) is 0 Å². The zero-order valence-corrected chi connectivity index (χ0v) is 16.4. The molecule has 3 rings (SSSR count). The third-order valence-corrected chi connectivity index (χ3v) is 6.70. The van der Waals surface area contributed by atoms with Crippen molar-refractivity contribution in [3.63, 3.8) is 0 Å². The molecule has 0 aromatic heterocycles. The topological polar surface area (TPSA) is 57.7 Å². The number of nitrogens with zero attached hydrogens (tertiary/aromatic N) is 2. The standard InChI is InChI=1S/C18H19BrN2O3S/c1-13-11-14-5-3-4-6-17(14)21(13)18(22)12-20(2)25(23,24)16-9-7-15(19)8-10-16/h3-10,13H,11-12H2,1-2H3/t13-/m0/s1. The summed E-state index contributed by atoms with van der Waals surface area (Å²) in [4.78, 5) is 14.6. The first-order valence-corrected chi connectivity index (χ1v) is 10.2. The van der Waals surface area contributed by atoms with Crippen LogP contribution >= 0.6 is 15.9 Å². The first-order valence-electron chi connectivity index (χ1n) is 7.92. The van der Waals surface area contributed by atoms with Gasteiger partial charge in [-0.15, -0.1) is 0 Å². The summed E-state index contributed by atoms with van der Waals surface area (Å²) in [5, 5.41) is 0. The summed E-state index contributed by atoms with van der Waals surface area (Å²) >= 11 is 3.29. The molecular formula is C18H19BrN2O3S. The largest absolute Gasteiger partial charge is 0.308 e. The molecule has 0 aliphatic carbocycles. The van der Waals surface area contributed by atoms with Gasteiger partial charge in [0.25, 0.3) is 0 Å². The molecule has 1 heterocycles. The summed E-state index contributed by atoms with van der Waals surface area (Å²) in [6.45, 7) is 1.78. The van der Waals surface area contributed by atoms with Crippen LogP contribution in [-0.2, 0) is 21.2 Å². The van der Waals surface area contributed by atoms with Crippen LogP contribution in [0.2, 0.25) is 0 Å². The highest BCUT2D eigenvalue weighted by molar-refractivity contribution is 9.10. The number of rotatable bonds is 4. The van der Waals surface area contributed by atoms with E-state index in [1.54, 1.807) is 17.0 Å². The number of carbonyl (C=O) groups excluding carboxylic acids is 1. The maximum atomic E-state index is 12.8. The Bertz CT molecular complexity index is 897. The molecule has 2 aromatic carbocycles. The monoisotopic (exact) mass is 422 g/mol. The van der Waals surface area contributed by atoms with Gasteiger partial charge in [-0.25, -0.2) is 8.42 Å². The van der Waals surface area contributed by atoms with Crippen LogP contribution in [-0.4, -0.2) is 38.3 Å². The van der Waals surface area contributed by atoms with Crippen molar-refractivity contribution < 1.29 is 13.2 Å². The second kappa shape index (κ2) is 6.90. The van der Waals surface area contributed by atoms with Crippen molar-refractivity contribution in [3.05, 3.63) is 58.6 Å². The van der Waals surface area contributed by atoms with E-state index in [1.807, 2.05) is 31.2 Å². The predicted molar refractivity (Wildman–Crippen MR) is 101 cm³/mol. The van der Waals surface area contributed by atoms with Gasteiger partial charge in [-0.2, -0.15) is 4.31 Å². The number of fused-ring (bicyclic) bond motifs is 1. The molecule has 0 fully saturated rings. The van der Waals surface area contributed by atoms with E-state index in [0.717, 1.165) is 26.4 Å². The van der Waals surface area contributed by atoms with Crippen LogP contribution in [0.5, 0.6) is 0 Å². The molecule has 132 valence electrons. The van der Waals surface area contributed by atoms with E-state index >= 15 is 0 Å². The van der Waals surface area contributed by atoms with Crippen LogP contribution in [0, 0.1) is 0 Å². The first-order chi connectivity index (χ1) is 11.8. The molecule has 1 atom stereocenters. The molecule has 0 unspecified atom stereocenters. The van der Waals surface area contributed by atoms with Gasteiger partial charge in [0.05, 0.1) is 11.4 Å². The van der Waals surface area contributed by atoms with Crippen LogP contribution in [0.4, 0.5) is 5.69 Å². The first kappa shape index (κ1) is 18.1. The van der Waals surface area contributed by atoms with E-state index in [4.69, 9.17) is 0 Å². The molecule has 5 nitrogen and oxygen atoms in total. The Morgan fingerprint density at radius 1 is 1.20 bits per heavy atom. The van der Waals surface area contributed by atoms with Gasteiger partial charge in [0, 0.05) is 23.2 Å². The SMILES string of the molecule is C[C@H]1Cc2ccccc2N1C(=O)CN(C)S(=O)(=O)c1ccc(Br)cc1. The highest BCUT2D eigenvalue weighted by Crippen LogP contribution is 2.32. The lowest BCUT2D eigenvalue weighted by atomic mass is 10.1. The molecule has 0 bridgehead atoms. The van der Waals surface area contributed by atoms with Crippen molar-refractivity contribution >= 4 is 37.5 Å². The maximum Gasteiger partial charge on any atom is 0.243 e. The molecule has 0 N–H and O–H groups in total. The summed E-state index contributed by atoms with van der Waals surface area (Å²) in [6.07, 6.45) is 0.783. The molecule has 1 aliphatic heterocycles. The fourth-order valence-corrected chi connectivity index (χ4v) is 4.47. The third-order valence-electron chi connectivity index (χ3n) is 4.36. The Morgan fingerprint density at radius 3 is 2.52 bits per heavy atom. The minimum absolute atomic E-state index is 0.0219. The highest BCUT2D eigenvalue weighted by Gasteiger charge is 2.33. The van der Waals surface area contributed by atoms with Gasteiger partial charge in [0.2, 0.25) is 15.9 Å². The molecule has 1 amide bonds. The Morgan fingerprint density at radius 2 is 1.84 bits per heavy atom. The van der Waals surface area contributed by atoms with E-state index in [2.05, 4.69) is 15.9 Å². The second-order valence-corrected chi connectivity index (χ2v) is 9.12. The number of anilines is 1. The Labute approximate surface area is 156 Å². The number of likely N-dealkylation sites (N-methyl/N-ethyl adjacent to an activating group) is 1. The van der Waals surface area contributed by atoms with Gasteiger partial charge in [-0.1, -0.05) is 34.1 Å². The van der Waals surface area contributed by atoms with Crippen LogP contribution in [0.3, 0.4) is 0 Å². The molecule has 0 radical (unpaired) electrons. The van der Waals surface area contributed by atoms with Crippen LogP contribution < -0.4 is 4.90 Å². The number of amides is 1. The fourth-order valence-electron chi connectivity index (χ4n) is 3.08. The van der Waals surface area contributed by atoms with Gasteiger partial charge in [-0.3, -0.25) is 4.79 Å². The van der Waals surface area contributed by atoms with Crippen LogP contribution in [0.1, 0.15) is 12.5 Å². The smallest absolute Gasteiger partial charge is 0.243 e. The molecule has 0 saturated carbocycles. The second-order valence-electron chi connectivity index (χ2n) is 6.16. The van der Waals surface area contributed by atoms with Gasteiger partial charge in [0.15, 0.2) is 0 Å². The predicted octanol–water partition coefficient (Wildman–Crippen LogP) is 3.05. The van der Waals surface area contributed by atoms with Gasteiger partial charge in [0.1, 0.15) is 0 Å². The van der Waals surface area contributed by atoms with Gasteiger partial charge in [-0.05, 0) is 49.2 Å². The maximum absolute atomic E-state index is 12.8. The summed E-state index contributed by atoms with van der Waals surface area (Å²) in [5.41, 5.74) is 1.98. The van der Waals surface area contributed by atoms with Crippen LogP contribution in [0.15, 0.2) is 57.9 Å². The molecule has 1 aliphatic rings. The summed E-state index contributed by atoms with van der Waals surface area (Å²) in [6, 6.07) is 14.1. The lowest BCUT2D eigenvalue weighted by Gasteiger charge is -2.25. The highest BCUT2D eigenvalue weighted by atomic mass is 79.9. The average Bonchev–Trinajstić information content (AvgIpc) is 2.90. The van der Waals surface area contributed by atoms with Crippen molar-refractivity contribution in [2.45, 2.75) is 24.3 Å². The van der Waals surface area contributed by atoms with Crippen molar-refractivity contribution in [3.8, 4) is 0 Å². The number of para-hydroxylation sites is 1. The Hall–Kier alpha value is -1.70. The molecule has 2 aromatic rings. The normalized spacial score (nSPS) is 17.0. The lowest BCUT2D eigenvalue weighted by molar-refractivity contribution is -0.118. The number of sulfonamides is 1. The summed E-state index contributed by atoms with van der Waals surface area (Å²) < 4.78 is 27.2. The summed E-state index contributed by atoms with van der Waals surface area (Å²) in [5.74, 6) is -0.222. The molecule has 0 saturated heterocycles. The number of halogens is 1. The average molecular weight is 423 g/mol. The number of carbonyl (C=O) groups is 1. The minimum Gasteiger partial charge on any atom is -0.308 e. The zero-order chi connectivity index (χ0) is 18.2. The van der Waals surface area contributed by atoms with Gasteiger partial charge >= 0.3 is 0 Å². The molecular weight excluding hydrogens is 404 g/mol. The van der Waals surface area contributed by atoms with E-state index in [9.17, 15) is 13.2 Å². The lowest BCUT2D eigenvalue weighted by Crippen LogP contribution is -2.43. The van der Waals surface area contributed by atoms with Gasteiger partial charge < -0.3 is 4.90 Å². The molecule has 25 heavy (non-hydrogen) atoms. The number of hydrogen-bond acceptors (Lipinski definition) is 3. The summed E-state index contributed by atoms with van der Waals surface area (Å²) in [7, 11) is -2.28. The molecule has 7 heteroatoms. The minimum atomic E-state index is -3.71. The zero-order valence-electron chi connectivity index (χ0n) is 14.0. The van der Waals surface area contributed by atoms with Crippen molar-refractivity contribution in [2.75, 3.05) is 18.5 Å².